The molecule has 2 atom stereocenters. The molecule has 1 amide bonds. The first kappa shape index (κ1) is 24.6. The van der Waals surface area contributed by atoms with Crippen LogP contribution in [-0.4, -0.2) is 43.2 Å². The first-order valence-electron chi connectivity index (χ1n) is 12.0. The molecular formula is C28H29NO6S. The summed E-state index contributed by atoms with van der Waals surface area (Å²) in [4.78, 5) is 13.5. The molecule has 1 heterocycles. The highest BCUT2D eigenvalue weighted by Crippen LogP contribution is 2.32. The normalized spacial score (nSPS) is 21.1. The first-order chi connectivity index (χ1) is 17.1. The van der Waals surface area contributed by atoms with Crippen LogP contribution in [0.4, 0.5) is 0 Å². The zero-order chi connectivity index (χ0) is 25.5. The van der Waals surface area contributed by atoms with E-state index < -0.39 is 33.7 Å². The molecule has 0 aromatic heterocycles. The van der Waals surface area contributed by atoms with Gasteiger partial charge in [0, 0.05) is 11.3 Å². The Labute approximate surface area is 210 Å². The largest absolute Gasteiger partial charge is 0.392 e. The van der Waals surface area contributed by atoms with Gasteiger partial charge in [0.25, 0.3) is 5.91 Å². The number of nitrogens with one attached hydrogen (secondary N) is 1. The number of allylic oxidation sites excluding steroid dienone is 1. The summed E-state index contributed by atoms with van der Waals surface area (Å²) in [5, 5.41) is 14.1. The smallest absolute Gasteiger partial charge is 0.256 e. The highest BCUT2D eigenvalue weighted by Gasteiger charge is 2.47. The van der Waals surface area contributed by atoms with E-state index in [2.05, 4.69) is 5.32 Å². The number of aliphatic hydroxyl groups is 1. The summed E-state index contributed by atoms with van der Waals surface area (Å²) in [6, 6.07) is 18.2. The highest BCUT2D eigenvalue weighted by atomic mass is 32.2. The Morgan fingerprint density at radius 1 is 1.06 bits per heavy atom. The van der Waals surface area contributed by atoms with Crippen molar-refractivity contribution in [3.05, 3.63) is 83.4 Å². The lowest BCUT2D eigenvalue weighted by molar-refractivity contribution is -0.154. The number of aryl methyl sites for hydroxylation is 1. The monoisotopic (exact) mass is 507 g/mol. The van der Waals surface area contributed by atoms with Gasteiger partial charge in [0.2, 0.25) is 0 Å². The van der Waals surface area contributed by atoms with E-state index in [4.69, 9.17) is 9.47 Å². The maximum absolute atomic E-state index is 13.4. The molecule has 1 saturated heterocycles. The third-order valence-electron chi connectivity index (χ3n) is 6.57. The van der Waals surface area contributed by atoms with Gasteiger partial charge in [-0.05, 0) is 60.7 Å². The van der Waals surface area contributed by atoms with E-state index in [1.807, 2.05) is 48.5 Å². The van der Waals surface area contributed by atoms with Gasteiger partial charge in [-0.15, -0.1) is 0 Å². The summed E-state index contributed by atoms with van der Waals surface area (Å²) in [6.45, 7) is 3.29. The van der Waals surface area contributed by atoms with E-state index in [-0.39, 0.29) is 17.3 Å². The quantitative estimate of drug-likeness (QED) is 0.527. The van der Waals surface area contributed by atoms with E-state index in [9.17, 15) is 18.3 Å². The van der Waals surface area contributed by atoms with Crippen molar-refractivity contribution in [3.8, 4) is 0 Å². The Morgan fingerprint density at radius 2 is 1.83 bits per heavy atom. The molecule has 1 fully saturated rings. The number of carbonyl (C=O) groups is 1. The van der Waals surface area contributed by atoms with E-state index in [0.29, 0.717) is 5.70 Å². The van der Waals surface area contributed by atoms with Crippen LogP contribution in [0, 0.1) is 0 Å². The lowest BCUT2D eigenvalue weighted by Crippen LogP contribution is -2.43. The first-order valence-corrected chi connectivity index (χ1v) is 13.6. The Hall–Kier alpha value is -3.04. The Bertz CT molecular complexity index is 1460. The van der Waals surface area contributed by atoms with Crippen molar-refractivity contribution in [2.45, 2.75) is 56.2 Å². The second-order valence-electron chi connectivity index (χ2n) is 9.68. The summed E-state index contributed by atoms with van der Waals surface area (Å²) in [5.41, 5.74) is 3.38. The minimum Gasteiger partial charge on any atom is -0.392 e. The zero-order valence-electron chi connectivity index (χ0n) is 20.2. The van der Waals surface area contributed by atoms with Crippen molar-refractivity contribution in [3.63, 3.8) is 0 Å². The molecule has 7 nitrogen and oxygen atoms in total. The number of rotatable bonds is 6. The summed E-state index contributed by atoms with van der Waals surface area (Å²) < 4.78 is 38.4. The maximum Gasteiger partial charge on any atom is 0.256 e. The van der Waals surface area contributed by atoms with Gasteiger partial charge < -0.3 is 19.9 Å². The fourth-order valence-corrected chi connectivity index (χ4v) is 6.32. The standard InChI is InChI=1S/C28H29NO6S/c1-28(2)34-25(17-36(32,33)22-12-11-19-6-3-4-7-20(19)15-22)26(35-28)27(31)29-24-9-5-8-21-14-18(16-30)10-13-23(21)24/h3-4,6-7,9-15,25-26,30H,5,8,16-17H2,1-2H3,(H,29,31)/t25-,26-/m1/s1. The average molecular weight is 508 g/mol. The molecule has 1 aliphatic carbocycles. The van der Waals surface area contributed by atoms with E-state index in [1.54, 1.807) is 32.0 Å². The van der Waals surface area contributed by atoms with Crippen LogP contribution in [0.3, 0.4) is 0 Å². The number of hydrogen-bond donors (Lipinski definition) is 2. The zero-order valence-corrected chi connectivity index (χ0v) is 21.0. The number of aliphatic hydroxyl groups excluding tert-OH is 1. The Balaban J connectivity index is 1.37. The van der Waals surface area contributed by atoms with Gasteiger partial charge in [0.05, 0.1) is 17.3 Å². The highest BCUT2D eigenvalue weighted by molar-refractivity contribution is 7.91. The third-order valence-corrected chi connectivity index (χ3v) is 8.31. The van der Waals surface area contributed by atoms with Gasteiger partial charge >= 0.3 is 0 Å². The molecule has 188 valence electrons. The van der Waals surface area contributed by atoms with Crippen LogP contribution in [0.15, 0.2) is 71.6 Å². The summed E-state index contributed by atoms with van der Waals surface area (Å²) >= 11 is 0. The van der Waals surface area contributed by atoms with Crippen LogP contribution in [0.25, 0.3) is 16.5 Å². The minimum atomic E-state index is -3.76. The number of amides is 1. The van der Waals surface area contributed by atoms with Crippen LogP contribution in [0.1, 0.15) is 37.0 Å². The van der Waals surface area contributed by atoms with Crippen LogP contribution >= 0.6 is 0 Å². The van der Waals surface area contributed by atoms with Crippen molar-refractivity contribution in [2.24, 2.45) is 0 Å². The predicted molar refractivity (Wildman–Crippen MR) is 137 cm³/mol. The van der Waals surface area contributed by atoms with Gasteiger partial charge in [-0.1, -0.05) is 54.6 Å². The molecule has 0 bridgehead atoms. The Morgan fingerprint density at radius 3 is 2.61 bits per heavy atom. The van der Waals surface area contributed by atoms with Gasteiger partial charge in [-0.2, -0.15) is 0 Å². The molecule has 0 spiro atoms. The molecule has 5 rings (SSSR count). The fourth-order valence-electron chi connectivity index (χ4n) is 4.87. The molecular weight excluding hydrogens is 478 g/mol. The number of hydrogen-bond acceptors (Lipinski definition) is 6. The Kier molecular flexibility index (Phi) is 6.46. The average Bonchev–Trinajstić information content (AvgIpc) is 3.16. The molecule has 3 aromatic rings. The summed E-state index contributed by atoms with van der Waals surface area (Å²) in [7, 11) is -3.76. The molecule has 8 heteroatoms. The molecule has 0 saturated carbocycles. The second-order valence-corrected chi connectivity index (χ2v) is 11.7. The maximum atomic E-state index is 13.4. The fraction of sp³-hybridized carbons (Fsp3) is 0.321. The van der Waals surface area contributed by atoms with Crippen molar-refractivity contribution in [1.29, 1.82) is 0 Å². The van der Waals surface area contributed by atoms with Crippen molar-refractivity contribution in [2.75, 3.05) is 5.75 Å². The van der Waals surface area contributed by atoms with Gasteiger partial charge in [0.15, 0.2) is 21.7 Å². The molecule has 2 aliphatic rings. The number of ether oxygens (including phenoxy) is 2. The lowest BCUT2D eigenvalue weighted by Gasteiger charge is -2.22. The van der Waals surface area contributed by atoms with Crippen LogP contribution < -0.4 is 5.32 Å². The molecule has 36 heavy (non-hydrogen) atoms. The van der Waals surface area contributed by atoms with Gasteiger partial charge in [0.1, 0.15) is 6.10 Å². The van der Waals surface area contributed by atoms with Gasteiger partial charge in [-0.25, -0.2) is 8.42 Å². The molecule has 2 N–H and O–H groups in total. The van der Waals surface area contributed by atoms with E-state index in [1.165, 1.54) is 0 Å². The van der Waals surface area contributed by atoms with Crippen molar-refractivity contribution >= 4 is 32.2 Å². The molecule has 0 unspecified atom stereocenters. The number of sulfone groups is 1. The van der Waals surface area contributed by atoms with Crippen molar-refractivity contribution < 1.29 is 27.8 Å². The molecule has 3 aromatic carbocycles. The lowest BCUT2D eigenvalue weighted by atomic mass is 9.93. The van der Waals surface area contributed by atoms with Crippen molar-refractivity contribution in [1.82, 2.24) is 5.32 Å². The number of fused-ring (bicyclic) bond motifs is 2. The van der Waals surface area contributed by atoms with E-state index >= 15 is 0 Å². The van der Waals surface area contributed by atoms with Crippen LogP contribution in [0.2, 0.25) is 0 Å². The second kappa shape index (κ2) is 9.44. The third kappa shape index (κ3) is 4.95. The SMILES string of the molecule is CC1(C)O[C@H](CS(=O)(=O)c2ccc3ccccc3c2)[C@H](C(=O)NC2=CCCc3cc(CO)ccc32)O1. The molecule has 1 aliphatic heterocycles. The minimum absolute atomic E-state index is 0.0472. The summed E-state index contributed by atoms with van der Waals surface area (Å²) in [5.74, 6) is -1.95. The van der Waals surface area contributed by atoms with E-state index in [0.717, 1.165) is 40.3 Å². The number of carbonyl (C=O) groups excluding carboxylic acids is 1. The molecule has 0 radical (unpaired) electrons. The number of benzene rings is 3. The predicted octanol–water partition coefficient (Wildman–Crippen LogP) is 3.73. The topological polar surface area (TPSA) is 102 Å². The summed E-state index contributed by atoms with van der Waals surface area (Å²) in [6.07, 6.45) is 1.42. The van der Waals surface area contributed by atoms with Gasteiger partial charge in [-0.3, -0.25) is 4.79 Å². The van der Waals surface area contributed by atoms with Crippen LogP contribution in [0.5, 0.6) is 0 Å². The van der Waals surface area contributed by atoms with Crippen LogP contribution in [-0.2, 0) is 37.1 Å².